The number of nitro benzene ring substituents is 1. The van der Waals surface area contributed by atoms with Gasteiger partial charge in [0.05, 0.1) is 11.2 Å². The number of nitrogens with one attached hydrogen (secondary N) is 1. The van der Waals surface area contributed by atoms with Crippen LogP contribution >= 0.6 is 15.9 Å². The molecule has 0 radical (unpaired) electrons. The number of nitro groups is 1. The Kier molecular flexibility index (Phi) is 4.07. The minimum absolute atomic E-state index is 0.139. The molecule has 0 spiro atoms. The molecule has 110 valence electrons. The van der Waals surface area contributed by atoms with Crippen LogP contribution in [0.4, 0.5) is 5.69 Å². The Balaban J connectivity index is 1.76. The van der Waals surface area contributed by atoms with Gasteiger partial charge in [-0.15, -0.1) is 0 Å². The number of rotatable bonds is 4. The van der Waals surface area contributed by atoms with Gasteiger partial charge < -0.3 is 9.73 Å². The van der Waals surface area contributed by atoms with Gasteiger partial charge in [0.1, 0.15) is 5.76 Å². The van der Waals surface area contributed by atoms with E-state index in [1.165, 1.54) is 5.56 Å². The molecule has 0 aliphatic heterocycles. The SMILES string of the molecule is O=[N+]([O-])c1cc(Br)ccc1CNC1CCCc2occc21. The molecule has 0 saturated carbocycles. The van der Waals surface area contributed by atoms with E-state index in [9.17, 15) is 10.1 Å². The third kappa shape index (κ3) is 3.01. The number of aryl methyl sites for hydroxylation is 1. The molecule has 21 heavy (non-hydrogen) atoms. The quantitative estimate of drug-likeness (QED) is 0.665. The van der Waals surface area contributed by atoms with Crippen molar-refractivity contribution in [1.82, 2.24) is 5.32 Å². The standard InChI is InChI=1S/C15H15BrN2O3/c16-11-5-4-10(14(8-11)18(19)20)9-17-13-2-1-3-15-12(13)6-7-21-15/h4-8,13,17H,1-3,9H2. The van der Waals surface area contributed by atoms with Gasteiger partial charge in [-0.25, -0.2) is 0 Å². The summed E-state index contributed by atoms with van der Waals surface area (Å²) in [6.45, 7) is 0.471. The first kappa shape index (κ1) is 14.3. The number of hydrogen-bond acceptors (Lipinski definition) is 4. The first-order valence-electron chi connectivity index (χ1n) is 6.87. The Morgan fingerprint density at radius 2 is 2.29 bits per heavy atom. The zero-order valence-corrected chi connectivity index (χ0v) is 12.9. The number of hydrogen-bond donors (Lipinski definition) is 1. The highest BCUT2D eigenvalue weighted by Gasteiger charge is 2.23. The molecule has 1 aliphatic rings. The van der Waals surface area contributed by atoms with Crippen molar-refractivity contribution in [1.29, 1.82) is 0 Å². The maximum Gasteiger partial charge on any atom is 0.275 e. The Labute approximate surface area is 130 Å². The summed E-state index contributed by atoms with van der Waals surface area (Å²) >= 11 is 3.27. The topological polar surface area (TPSA) is 68.3 Å². The van der Waals surface area contributed by atoms with Crippen LogP contribution in [0.1, 0.15) is 35.8 Å². The van der Waals surface area contributed by atoms with Gasteiger partial charge in [0, 0.05) is 40.7 Å². The molecule has 3 rings (SSSR count). The van der Waals surface area contributed by atoms with Crippen LogP contribution in [0.15, 0.2) is 39.4 Å². The highest BCUT2D eigenvalue weighted by atomic mass is 79.9. The Hall–Kier alpha value is -1.66. The minimum Gasteiger partial charge on any atom is -0.469 e. The smallest absolute Gasteiger partial charge is 0.275 e. The van der Waals surface area contributed by atoms with Crippen LogP contribution in [0.3, 0.4) is 0 Å². The van der Waals surface area contributed by atoms with Crippen LogP contribution in [0.2, 0.25) is 0 Å². The summed E-state index contributed by atoms with van der Waals surface area (Å²) in [5.74, 6) is 1.03. The lowest BCUT2D eigenvalue weighted by atomic mass is 9.93. The van der Waals surface area contributed by atoms with Gasteiger partial charge in [0.15, 0.2) is 0 Å². The molecule has 0 amide bonds. The number of halogens is 1. The summed E-state index contributed by atoms with van der Waals surface area (Å²) in [5, 5.41) is 14.5. The first-order chi connectivity index (χ1) is 10.1. The van der Waals surface area contributed by atoms with E-state index < -0.39 is 0 Å². The van der Waals surface area contributed by atoms with E-state index in [2.05, 4.69) is 21.2 Å². The number of fused-ring (bicyclic) bond motifs is 1. The molecule has 0 fully saturated rings. The van der Waals surface area contributed by atoms with Crippen molar-refractivity contribution < 1.29 is 9.34 Å². The summed E-state index contributed by atoms with van der Waals surface area (Å²) in [6, 6.07) is 7.35. The van der Waals surface area contributed by atoms with E-state index in [1.54, 1.807) is 18.4 Å². The maximum atomic E-state index is 11.1. The lowest BCUT2D eigenvalue weighted by Crippen LogP contribution is -2.24. The minimum atomic E-state index is -0.341. The van der Waals surface area contributed by atoms with Crippen molar-refractivity contribution in [2.75, 3.05) is 0 Å². The van der Waals surface area contributed by atoms with Gasteiger partial charge in [-0.3, -0.25) is 10.1 Å². The van der Waals surface area contributed by atoms with E-state index in [4.69, 9.17) is 4.42 Å². The molecule has 6 heteroatoms. The van der Waals surface area contributed by atoms with Gasteiger partial charge in [-0.05, 0) is 31.0 Å². The average molecular weight is 351 g/mol. The Bertz CT molecular complexity index is 669. The van der Waals surface area contributed by atoms with E-state index in [-0.39, 0.29) is 16.7 Å². The second-order valence-electron chi connectivity index (χ2n) is 5.15. The largest absolute Gasteiger partial charge is 0.469 e. The molecule has 1 aromatic carbocycles. The lowest BCUT2D eigenvalue weighted by Gasteiger charge is -2.22. The van der Waals surface area contributed by atoms with Crippen molar-refractivity contribution in [2.24, 2.45) is 0 Å². The van der Waals surface area contributed by atoms with Crippen molar-refractivity contribution >= 4 is 21.6 Å². The van der Waals surface area contributed by atoms with Crippen molar-refractivity contribution in [2.45, 2.75) is 31.8 Å². The molecule has 1 aliphatic carbocycles. The summed E-state index contributed by atoms with van der Waals surface area (Å²) in [5.41, 5.74) is 2.01. The zero-order chi connectivity index (χ0) is 14.8. The Morgan fingerprint density at radius 3 is 3.10 bits per heavy atom. The van der Waals surface area contributed by atoms with Crippen LogP contribution in [-0.4, -0.2) is 4.92 Å². The summed E-state index contributed by atoms with van der Waals surface area (Å²) < 4.78 is 6.18. The predicted octanol–water partition coefficient (Wildman–Crippen LogP) is 4.12. The summed E-state index contributed by atoms with van der Waals surface area (Å²) in [7, 11) is 0. The van der Waals surface area contributed by atoms with E-state index in [0.29, 0.717) is 16.6 Å². The predicted molar refractivity (Wildman–Crippen MR) is 82.0 cm³/mol. The van der Waals surface area contributed by atoms with Crippen LogP contribution in [0.25, 0.3) is 0 Å². The third-order valence-electron chi connectivity index (χ3n) is 3.83. The van der Waals surface area contributed by atoms with Gasteiger partial charge >= 0.3 is 0 Å². The Morgan fingerprint density at radius 1 is 1.43 bits per heavy atom. The van der Waals surface area contributed by atoms with Gasteiger partial charge in [-0.2, -0.15) is 0 Å². The number of nitrogens with zero attached hydrogens (tertiary/aromatic N) is 1. The molecule has 1 N–H and O–H groups in total. The molecular formula is C15H15BrN2O3. The van der Waals surface area contributed by atoms with Crippen LogP contribution in [0.5, 0.6) is 0 Å². The fourth-order valence-corrected chi connectivity index (χ4v) is 3.14. The van der Waals surface area contributed by atoms with E-state index >= 15 is 0 Å². The molecule has 5 nitrogen and oxygen atoms in total. The fraction of sp³-hybridized carbons (Fsp3) is 0.333. The fourth-order valence-electron chi connectivity index (χ4n) is 2.79. The van der Waals surface area contributed by atoms with Crippen molar-refractivity contribution in [3.05, 3.63) is 62.0 Å². The average Bonchev–Trinajstić information content (AvgIpc) is 2.94. The molecule has 0 bridgehead atoms. The highest BCUT2D eigenvalue weighted by molar-refractivity contribution is 9.10. The van der Waals surface area contributed by atoms with Crippen LogP contribution < -0.4 is 5.32 Å². The molecule has 1 aromatic heterocycles. The molecule has 2 aromatic rings. The molecule has 0 saturated heterocycles. The zero-order valence-electron chi connectivity index (χ0n) is 11.3. The number of benzene rings is 1. The van der Waals surface area contributed by atoms with Crippen molar-refractivity contribution in [3.8, 4) is 0 Å². The van der Waals surface area contributed by atoms with Crippen molar-refractivity contribution in [3.63, 3.8) is 0 Å². The van der Waals surface area contributed by atoms with Gasteiger partial charge in [0.25, 0.3) is 5.69 Å². The first-order valence-corrected chi connectivity index (χ1v) is 7.67. The van der Waals surface area contributed by atoms with Crippen LogP contribution in [-0.2, 0) is 13.0 Å². The lowest BCUT2D eigenvalue weighted by molar-refractivity contribution is -0.385. The molecular weight excluding hydrogens is 336 g/mol. The third-order valence-corrected chi connectivity index (χ3v) is 4.33. The van der Waals surface area contributed by atoms with E-state index in [1.807, 2.05) is 12.1 Å². The highest BCUT2D eigenvalue weighted by Crippen LogP contribution is 2.31. The van der Waals surface area contributed by atoms with E-state index in [0.717, 1.165) is 25.0 Å². The number of furan rings is 1. The summed E-state index contributed by atoms with van der Waals surface area (Å²) in [4.78, 5) is 10.8. The second kappa shape index (κ2) is 5.99. The maximum absolute atomic E-state index is 11.1. The van der Waals surface area contributed by atoms with Crippen LogP contribution in [0, 0.1) is 10.1 Å². The monoisotopic (exact) mass is 350 g/mol. The normalized spacial score (nSPS) is 17.5. The second-order valence-corrected chi connectivity index (χ2v) is 6.07. The van der Waals surface area contributed by atoms with Gasteiger partial charge in [-0.1, -0.05) is 15.9 Å². The molecule has 1 unspecified atom stereocenters. The summed E-state index contributed by atoms with van der Waals surface area (Å²) in [6.07, 6.45) is 4.78. The molecule has 1 atom stereocenters. The molecule has 1 heterocycles. The van der Waals surface area contributed by atoms with Gasteiger partial charge in [0.2, 0.25) is 0 Å².